The van der Waals surface area contributed by atoms with E-state index >= 15 is 0 Å². The highest BCUT2D eigenvalue weighted by Gasteiger charge is 2.37. The zero-order valence-corrected chi connectivity index (χ0v) is 16.8. The van der Waals surface area contributed by atoms with E-state index in [1.165, 1.54) is 0 Å². The summed E-state index contributed by atoms with van der Waals surface area (Å²) < 4.78 is 15.9. The van der Waals surface area contributed by atoms with Gasteiger partial charge in [-0.2, -0.15) is 4.98 Å². The molecule has 0 radical (unpaired) electrons. The Morgan fingerprint density at radius 3 is 2.61 bits per heavy atom. The number of cyclic esters (lactones) is 1. The molecule has 1 N–H and O–H groups in total. The molecule has 8 heteroatoms. The molecule has 1 unspecified atom stereocenters. The van der Waals surface area contributed by atoms with Crippen LogP contribution in [-0.2, 0) is 4.74 Å². The van der Waals surface area contributed by atoms with Gasteiger partial charge in [0.1, 0.15) is 12.4 Å². The Morgan fingerprint density at radius 1 is 1.18 bits per heavy atom. The minimum atomic E-state index is -0.378. The lowest BCUT2D eigenvalue weighted by molar-refractivity contribution is 0.177. The highest BCUT2D eigenvalue weighted by Crippen LogP contribution is 2.31. The fourth-order valence-electron chi connectivity index (χ4n) is 3.14. The van der Waals surface area contributed by atoms with Gasteiger partial charge in [0.2, 0.25) is 5.95 Å². The number of ether oxygens (including phenoxy) is 3. The van der Waals surface area contributed by atoms with Gasteiger partial charge in [0.15, 0.2) is 11.5 Å². The molecule has 0 bridgehead atoms. The van der Waals surface area contributed by atoms with Crippen LogP contribution in [0.5, 0.6) is 11.5 Å². The van der Waals surface area contributed by atoms with Crippen LogP contribution < -0.4 is 19.7 Å². The maximum atomic E-state index is 12.2. The van der Waals surface area contributed by atoms with E-state index in [1.807, 2.05) is 25.1 Å². The van der Waals surface area contributed by atoms with Crippen molar-refractivity contribution in [2.24, 2.45) is 5.92 Å². The minimum absolute atomic E-state index is 0.0430. The molecule has 150 valence electrons. The monoisotopic (exact) mass is 386 g/mol. The molecule has 2 heterocycles. The van der Waals surface area contributed by atoms with E-state index in [2.05, 4.69) is 29.1 Å². The van der Waals surface area contributed by atoms with Crippen LogP contribution in [0.15, 0.2) is 30.5 Å². The van der Waals surface area contributed by atoms with Gasteiger partial charge in [-0.3, -0.25) is 4.90 Å². The topological polar surface area (TPSA) is 85.8 Å². The van der Waals surface area contributed by atoms with Crippen molar-refractivity contribution in [2.75, 3.05) is 31.0 Å². The molecule has 1 fully saturated rings. The van der Waals surface area contributed by atoms with Crippen molar-refractivity contribution in [1.82, 2.24) is 9.97 Å². The summed E-state index contributed by atoms with van der Waals surface area (Å²) in [7, 11) is 3.21. The van der Waals surface area contributed by atoms with Crippen molar-refractivity contribution in [3.8, 4) is 11.5 Å². The molecule has 0 aliphatic carbocycles. The molecule has 1 saturated heterocycles. The number of hydrogen-bond donors (Lipinski definition) is 1. The van der Waals surface area contributed by atoms with E-state index in [1.54, 1.807) is 31.4 Å². The van der Waals surface area contributed by atoms with Crippen LogP contribution in [-0.4, -0.2) is 42.9 Å². The predicted molar refractivity (Wildman–Crippen MR) is 106 cm³/mol. The highest BCUT2D eigenvalue weighted by molar-refractivity contribution is 5.89. The van der Waals surface area contributed by atoms with E-state index in [-0.39, 0.29) is 24.1 Å². The van der Waals surface area contributed by atoms with Crippen LogP contribution in [0.2, 0.25) is 0 Å². The summed E-state index contributed by atoms with van der Waals surface area (Å²) in [6.07, 6.45) is 1.26. The number of methoxy groups -OCH3 is 2. The summed E-state index contributed by atoms with van der Waals surface area (Å²) in [4.78, 5) is 22.6. The summed E-state index contributed by atoms with van der Waals surface area (Å²) in [6, 6.07) is 7.31. The molecule has 1 aromatic carbocycles. The van der Waals surface area contributed by atoms with Gasteiger partial charge in [-0.1, -0.05) is 19.9 Å². The molecule has 1 aromatic heterocycles. The number of hydrogen-bond acceptors (Lipinski definition) is 7. The molecule has 0 spiro atoms. The van der Waals surface area contributed by atoms with Gasteiger partial charge in [0.05, 0.1) is 26.3 Å². The summed E-state index contributed by atoms with van der Waals surface area (Å²) in [5.74, 6) is 2.54. The largest absolute Gasteiger partial charge is 0.493 e. The Hall–Kier alpha value is -3.03. The van der Waals surface area contributed by atoms with Crippen molar-refractivity contribution in [3.05, 3.63) is 36.0 Å². The van der Waals surface area contributed by atoms with Crippen molar-refractivity contribution in [3.63, 3.8) is 0 Å². The third kappa shape index (κ3) is 3.95. The molecule has 2 aromatic rings. The second-order valence-electron chi connectivity index (χ2n) is 6.98. The summed E-state index contributed by atoms with van der Waals surface area (Å²) in [5, 5.41) is 3.27. The molecular formula is C20H26N4O4. The highest BCUT2D eigenvalue weighted by atomic mass is 16.6. The number of carbonyl (C=O) groups is 1. The van der Waals surface area contributed by atoms with E-state index in [4.69, 9.17) is 14.2 Å². The Kier molecular flexibility index (Phi) is 5.87. The molecule has 28 heavy (non-hydrogen) atoms. The van der Waals surface area contributed by atoms with Gasteiger partial charge >= 0.3 is 6.09 Å². The molecular weight excluding hydrogens is 360 g/mol. The van der Waals surface area contributed by atoms with E-state index in [0.29, 0.717) is 29.9 Å². The molecule has 1 aliphatic rings. The zero-order valence-electron chi connectivity index (χ0n) is 16.8. The van der Waals surface area contributed by atoms with Gasteiger partial charge in [-0.25, -0.2) is 9.78 Å². The third-order valence-corrected chi connectivity index (χ3v) is 4.82. The van der Waals surface area contributed by atoms with Gasteiger partial charge in [-0.15, -0.1) is 0 Å². The third-order valence-electron chi connectivity index (χ3n) is 4.82. The quantitative estimate of drug-likeness (QED) is 0.777. The predicted octanol–water partition coefficient (Wildman–Crippen LogP) is 3.65. The molecule has 3 rings (SSSR count). The van der Waals surface area contributed by atoms with E-state index in [9.17, 15) is 4.79 Å². The number of anilines is 2. The van der Waals surface area contributed by atoms with E-state index < -0.39 is 0 Å². The summed E-state index contributed by atoms with van der Waals surface area (Å²) in [5.41, 5.74) is 0.993. The molecule has 2 atom stereocenters. The lowest BCUT2D eigenvalue weighted by atomic mass is 10.0. The Labute approximate surface area is 164 Å². The number of aromatic nitrogens is 2. The first-order valence-electron chi connectivity index (χ1n) is 9.22. The van der Waals surface area contributed by atoms with Crippen molar-refractivity contribution >= 4 is 17.9 Å². The van der Waals surface area contributed by atoms with Gasteiger partial charge in [-0.05, 0) is 36.6 Å². The summed E-state index contributed by atoms with van der Waals surface area (Å²) >= 11 is 0. The second kappa shape index (κ2) is 8.33. The van der Waals surface area contributed by atoms with Crippen molar-refractivity contribution < 1.29 is 19.0 Å². The Bertz CT molecular complexity index is 843. The van der Waals surface area contributed by atoms with Crippen molar-refractivity contribution in [2.45, 2.75) is 32.9 Å². The van der Waals surface area contributed by atoms with Crippen LogP contribution in [0.4, 0.5) is 16.6 Å². The lowest BCUT2D eigenvalue weighted by Gasteiger charge is -2.24. The normalized spacial score (nSPS) is 17.4. The summed E-state index contributed by atoms with van der Waals surface area (Å²) in [6.45, 7) is 6.47. The Balaban J connectivity index is 1.80. The van der Waals surface area contributed by atoms with Crippen LogP contribution in [0, 0.1) is 5.92 Å². The number of nitrogens with one attached hydrogen (secondary N) is 1. The number of nitrogens with zero attached hydrogens (tertiary/aromatic N) is 3. The number of amides is 1. The van der Waals surface area contributed by atoms with Gasteiger partial charge in [0.25, 0.3) is 0 Å². The Morgan fingerprint density at radius 2 is 1.93 bits per heavy atom. The number of rotatable bonds is 7. The average Bonchev–Trinajstić information content (AvgIpc) is 3.09. The average molecular weight is 386 g/mol. The molecule has 0 saturated carbocycles. The zero-order chi connectivity index (χ0) is 20.3. The number of benzene rings is 1. The number of carbonyl (C=O) groups excluding carboxylic acids is 1. The fraction of sp³-hybridized carbons (Fsp3) is 0.450. The maximum Gasteiger partial charge on any atom is 0.415 e. The van der Waals surface area contributed by atoms with Crippen LogP contribution in [0.25, 0.3) is 0 Å². The second-order valence-corrected chi connectivity index (χ2v) is 6.98. The van der Waals surface area contributed by atoms with Crippen LogP contribution in [0.1, 0.15) is 32.4 Å². The lowest BCUT2D eigenvalue weighted by Crippen LogP contribution is -2.37. The first kappa shape index (κ1) is 19.7. The van der Waals surface area contributed by atoms with Crippen molar-refractivity contribution in [1.29, 1.82) is 0 Å². The van der Waals surface area contributed by atoms with Gasteiger partial charge in [0, 0.05) is 6.20 Å². The molecule has 1 aliphatic heterocycles. The van der Waals surface area contributed by atoms with Gasteiger partial charge < -0.3 is 19.5 Å². The first-order valence-corrected chi connectivity index (χ1v) is 9.22. The molecule has 8 nitrogen and oxygen atoms in total. The van der Waals surface area contributed by atoms with Crippen LogP contribution >= 0.6 is 0 Å². The van der Waals surface area contributed by atoms with E-state index in [0.717, 1.165) is 5.56 Å². The first-order chi connectivity index (χ1) is 13.4. The molecule has 1 amide bonds. The minimum Gasteiger partial charge on any atom is -0.493 e. The maximum absolute atomic E-state index is 12.2. The smallest absolute Gasteiger partial charge is 0.415 e. The SMILES string of the molecule is COc1ccc([C@H](C)Nc2nccc(N3C(=O)OCC3C(C)C)n2)cc1OC. The fourth-order valence-corrected chi connectivity index (χ4v) is 3.14. The van der Waals surface area contributed by atoms with Crippen LogP contribution in [0.3, 0.4) is 0 Å². The standard InChI is InChI=1S/C20H26N4O4/c1-12(2)15-11-28-20(25)24(15)18-8-9-21-19(23-18)22-13(3)14-6-7-16(26-4)17(10-14)27-5/h6-10,12-13,15H,11H2,1-5H3,(H,21,22,23)/t13-,15?/m0/s1.